The van der Waals surface area contributed by atoms with E-state index in [0.717, 1.165) is 50.7 Å². The average Bonchev–Trinajstić information content (AvgIpc) is 2.97. The molecule has 24 heavy (non-hydrogen) atoms. The monoisotopic (exact) mass is 344 g/mol. The number of thiazole rings is 1. The lowest BCUT2D eigenvalue weighted by molar-refractivity contribution is 0.0996. The highest BCUT2D eigenvalue weighted by atomic mass is 32.1. The Bertz CT molecular complexity index is 658. The SMILES string of the molecule is NC(=O)c1csc(N2CCCN(CCCc3ccccc3)CC2)n1. The van der Waals surface area contributed by atoms with E-state index in [1.165, 1.54) is 23.3 Å². The Morgan fingerprint density at radius 3 is 2.75 bits per heavy atom. The molecule has 0 atom stereocenters. The third-order valence-corrected chi connectivity index (χ3v) is 5.29. The number of carbonyl (C=O) groups is 1. The Kier molecular flexibility index (Phi) is 5.82. The first-order valence-corrected chi connectivity index (χ1v) is 9.37. The van der Waals surface area contributed by atoms with Crippen LogP contribution in [0.15, 0.2) is 35.7 Å². The highest BCUT2D eigenvalue weighted by molar-refractivity contribution is 7.13. The molecule has 0 spiro atoms. The molecule has 2 aromatic rings. The molecule has 0 unspecified atom stereocenters. The number of aryl methyl sites for hydroxylation is 1. The van der Waals surface area contributed by atoms with Gasteiger partial charge in [0.05, 0.1) is 0 Å². The second-order valence-corrected chi connectivity index (χ2v) is 6.99. The summed E-state index contributed by atoms with van der Waals surface area (Å²) in [6.45, 7) is 5.24. The quantitative estimate of drug-likeness (QED) is 0.874. The molecule has 0 aliphatic carbocycles. The van der Waals surface area contributed by atoms with Crippen molar-refractivity contribution in [3.05, 3.63) is 47.0 Å². The smallest absolute Gasteiger partial charge is 0.268 e. The van der Waals surface area contributed by atoms with Crippen molar-refractivity contribution in [2.45, 2.75) is 19.3 Å². The molecule has 128 valence electrons. The van der Waals surface area contributed by atoms with E-state index in [4.69, 9.17) is 5.73 Å². The van der Waals surface area contributed by atoms with Gasteiger partial charge in [0.2, 0.25) is 0 Å². The number of carbonyl (C=O) groups excluding carboxylic acids is 1. The Hall–Kier alpha value is -1.92. The fourth-order valence-corrected chi connectivity index (χ4v) is 3.93. The van der Waals surface area contributed by atoms with Crippen molar-refractivity contribution in [2.75, 3.05) is 37.6 Å². The van der Waals surface area contributed by atoms with E-state index in [2.05, 4.69) is 45.1 Å². The number of benzene rings is 1. The zero-order chi connectivity index (χ0) is 16.8. The van der Waals surface area contributed by atoms with Gasteiger partial charge in [-0.2, -0.15) is 0 Å². The summed E-state index contributed by atoms with van der Waals surface area (Å²) < 4.78 is 0. The summed E-state index contributed by atoms with van der Waals surface area (Å²) in [6.07, 6.45) is 3.44. The largest absolute Gasteiger partial charge is 0.364 e. The Labute approximate surface area is 147 Å². The van der Waals surface area contributed by atoms with Crippen molar-refractivity contribution >= 4 is 22.4 Å². The summed E-state index contributed by atoms with van der Waals surface area (Å²) in [4.78, 5) is 20.4. The summed E-state index contributed by atoms with van der Waals surface area (Å²) in [6, 6.07) is 10.7. The molecule has 1 amide bonds. The van der Waals surface area contributed by atoms with Crippen LogP contribution < -0.4 is 10.6 Å². The van der Waals surface area contributed by atoms with E-state index >= 15 is 0 Å². The molecule has 1 aromatic heterocycles. The van der Waals surface area contributed by atoms with E-state index in [-0.39, 0.29) is 0 Å². The Morgan fingerprint density at radius 1 is 1.17 bits per heavy atom. The first-order valence-electron chi connectivity index (χ1n) is 8.49. The molecule has 1 aliphatic heterocycles. The normalized spacial score (nSPS) is 16.1. The van der Waals surface area contributed by atoms with Crippen LogP contribution in [0.3, 0.4) is 0 Å². The molecule has 1 saturated heterocycles. The molecule has 3 rings (SSSR count). The fourth-order valence-electron chi connectivity index (χ4n) is 3.06. The number of aromatic nitrogens is 1. The van der Waals surface area contributed by atoms with Crippen LogP contribution in [-0.4, -0.2) is 48.5 Å². The van der Waals surface area contributed by atoms with E-state index in [1.807, 2.05) is 0 Å². The van der Waals surface area contributed by atoms with Crippen LogP contribution in [0.5, 0.6) is 0 Å². The third-order valence-electron chi connectivity index (χ3n) is 4.39. The molecule has 1 aliphatic rings. The average molecular weight is 344 g/mol. The van der Waals surface area contributed by atoms with E-state index < -0.39 is 5.91 Å². The van der Waals surface area contributed by atoms with Crippen LogP contribution in [0.25, 0.3) is 0 Å². The van der Waals surface area contributed by atoms with Gasteiger partial charge < -0.3 is 15.5 Å². The van der Waals surface area contributed by atoms with Gasteiger partial charge in [0.15, 0.2) is 5.13 Å². The minimum Gasteiger partial charge on any atom is -0.364 e. The molecule has 5 nitrogen and oxygen atoms in total. The fraction of sp³-hybridized carbons (Fsp3) is 0.444. The van der Waals surface area contributed by atoms with Crippen molar-refractivity contribution in [3.8, 4) is 0 Å². The maximum absolute atomic E-state index is 11.2. The molecule has 2 heterocycles. The van der Waals surface area contributed by atoms with Crippen LogP contribution in [0, 0.1) is 0 Å². The number of amides is 1. The highest BCUT2D eigenvalue weighted by Crippen LogP contribution is 2.21. The number of nitrogens with two attached hydrogens (primary N) is 1. The van der Waals surface area contributed by atoms with Gasteiger partial charge in [-0.25, -0.2) is 4.98 Å². The van der Waals surface area contributed by atoms with Crippen LogP contribution in [0.2, 0.25) is 0 Å². The number of hydrogen-bond donors (Lipinski definition) is 1. The topological polar surface area (TPSA) is 62.5 Å². The van der Waals surface area contributed by atoms with Crippen molar-refractivity contribution in [1.29, 1.82) is 0 Å². The van der Waals surface area contributed by atoms with Crippen LogP contribution in [0.1, 0.15) is 28.9 Å². The van der Waals surface area contributed by atoms with E-state index in [9.17, 15) is 4.79 Å². The molecule has 0 saturated carbocycles. The number of rotatable bonds is 6. The summed E-state index contributed by atoms with van der Waals surface area (Å²) in [7, 11) is 0. The van der Waals surface area contributed by atoms with Gasteiger partial charge in [-0.05, 0) is 37.9 Å². The minimum absolute atomic E-state index is 0.374. The highest BCUT2D eigenvalue weighted by Gasteiger charge is 2.18. The standard InChI is InChI=1S/C18H24N4OS/c19-17(23)16-14-24-18(20-16)22-11-5-10-21(12-13-22)9-4-8-15-6-2-1-3-7-15/h1-3,6-7,14H,4-5,8-13H2,(H2,19,23). The summed E-state index contributed by atoms with van der Waals surface area (Å²) in [5.74, 6) is -0.449. The molecule has 2 N–H and O–H groups in total. The lowest BCUT2D eigenvalue weighted by atomic mass is 10.1. The van der Waals surface area contributed by atoms with Crippen molar-refractivity contribution < 1.29 is 4.79 Å². The predicted molar refractivity (Wildman–Crippen MR) is 98.7 cm³/mol. The van der Waals surface area contributed by atoms with Gasteiger partial charge >= 0.3 is 0 Å². The minimum atomic E-state index is -0.449. The molecule has 0 bridgehead atoms. The number of anilines is 1. The van der Waals surface area contributed by atoms with Gasteiger partial charge in [-0.15, -0.1) is 11.3 Å². The lowest BCUT2D eigenvalue weighted by Crippen LogP contribution is -2.31. The number of nitrogens with zero attached hydrogens (tertiary/aromatic N) is 3. The zero-order valence-corrected chi connectivity index (χ0v) is 14.7. The molecular weight excluding hydrogens is 320 g/mol. The summed E-state index contributed by atoms with van der Waals surface area (Å²) >= 11 is 1.51. The predicted octanol–water partition coefficient (Wildman–Crippen LogP) is 2.39. The first kappa shape index (κ1) is 16.9. The number of hydrogen-bond acceptors (Lipinski definition) is 5. The summed E-state index contributed by atoms with van der Waals surface area (Å²) in [5, 5.41) is 2.66. The molecule has 1 fully saturated rings. The van der Waals surface area contributed by atoms with Gasteiger partial charge in [-0.3, -0.25) is 4.79 Å². The van der Waals surface area contributed by atoms with Crippen molar-refractivity contribution in [1.82, 2.24) is 9.88 Å². The molecule has 0 radical (unpaired) electrons. The second kappa shape index (κ2) is 8.26. The van der Waals surface area contributed by atoms with Gasteiger partial charge in [0, 0.05) is 25.0 Å². The second-order valence-electron chi connectivity index (χ2n) is 6.15. The van der Waals surface area contributed by atoms with Gasteiger partial charge in [0.25, 0.3) is 5.91 Å². The van der Waals surface area contributed by atoms with E-state index in [1.54, 1.807) is 5.38 Å². The molecule has 6 heteroatoms. The lowest BCUT2D eigenvalue weighted by Gasteiger charge is -2.21. The van der Waals surface area contributed by atoms with Gasteiger partial charge in [0.1, 0.15) is 5.69 Å². The molecular formula is C18H24N4OS. The Balaban J connectivity index is 1.47. The van der Waals surface area contributed by atoms with Crippen LogP contribution >= 0.6 is 11.3 Å². The first-order chi connectivity index (χ1) is 11.7. The Morgan fingerprint density at radius 2 is 2.00 bits per heavy atom. The van der Waals surface area contributed by atoms with Crippen LogP contribution in [-0.2, 0) is 6.42 Å². The van der Waals surface area contributed by atoms with Crippen molar-refractivity contribution in [3.63, 3.8) is 0 Å². The van der Waals surface area contributed by atoms with Gasteiger partial charge in [-0.1, -0.05) is 30.3 Å². The maximum Gasteiger partial charge on any atom is 0.268 e. The van der Waals surface area contributed by atoms with Crippen molar-refractivity contribution in [2.24, 2.45) is 5.73 Å². The zero-order valence-electron chi connectivity index (χ0n) is 13.9. The summed E-state index contributed by atoms with van der Waals surface area (Å²) in [5.41, 5.74) is 7.08. The molecule has 1 aromatic carbocycles. The van der Waals surface area contributed by atoms with E-state index in [0.29, 0.717) is 5.69 Å². The third kappa shape index (κ3) is 4.55. The number of primary amides is 1. The maximum atomic E-state index is 11.2. The van der Waals surface area contributed by atoms with Crippen LogP contribution in [0.4, 0.5) is 5.13 Å².